The van der Waals surface area contributed by atoms with Gasteiger partial charge in [-0.3, -0.25) is 4.79 Å². The van der Waals surface area contributed by atoms with Crippen molar-refractivity contribution < 1.29 is 4.79 Å². The van der Waals surface area contributed by atoms with Gasteiger partial charge in [0.25, 0.3) is 5.91 Å². The molecule has 0 atom stereocenters. The minimum Gasteiger partial charge on any atom is -0.352 e. The lowest BCUT2D eigenvalue weighted by Crippen LogP contribution is -2.27. The van der Waals surface area contributed by atoms with Crippen molar-refractivity contribution in [3.05, 3.63) is 32.4 Å². The Hall–Kier alpha value is -0.330. The molecular formula is C12H16ClIN2O. The van der Waals surface area contributed by atoms with E-state index in [1.54, 1.807) is 12.1 Å². The molecule has 1 amide bonds. The number of carbonyl (C=O) groups excluding carboxylic acids is 1. The smallest absolute Gasteiger partial charge is 0.251 e. The van der Waals surface area contributed by atoms with Crippen LogP contribution in [-0.2, 0) is 0 Å². The molecule has 1 N–H and O–H groups in total. The molecule has 0 aliphatic heterocycles. The van der Waals surface area contributed by atoms with Crippen LogP contribution in [0, 0.1) is 3.57 Å². The Balaban J connectivity index is 2.44. The van der Waals surface area contributed by atoms with Crippen molar-refractivity contribution in [3.63, 3.8) is 0 Å². The molecule has 0 saturated carbocycles. The standard InChI is InChI=1S/C12H16ClIN2O/c1-16(2)7-3-6-15-12(17)9-4-5-11(14)10(13)8-9/h4-5,8H,3,6-7H2,1-2H3,(H,15,17). The summed E-state index contributed by atoms with van der Waals surface area (Å²) in [5, 5.41) is 3.49. The van der Waals surface area contributed by atoms with Crippen LogP contribution < -0.4 is 5.32 Å². The van der Waals surface area contributed by atoms with Gasteiger partial charge >= 0.3 is 0 Å². The Morgan fingerprint density at radius 1 is 1.47 bits per heavy atom. The van der Waals surface area contributed by atoms with Gasteiger partial charge in [0.1, 0.15) is 0 Å². The Morgan fingerprint density at radius 3 is 2.76 bits per heavy atom. The number of rotatable bonds is 5. The molecular weight excluding hydrogens is 351 g/mol. The first kappa shape index (κ1) is 14.7. The second-order valence-electron chi connectivity index (χ2n) is 4.04. The second kappa shape index (κ2) is 7.18. The van der Waals surface area contributed by atoms with Crippen molar-refractivity contribution in [2.75, 3.05) is 27.2 Å². The zero-order chi connectivity index (χ0) is 12.8. The van der Waals surface area contributed by atoms with Crippen LogP contribution in [-0.4, -0.2) is 38.0 Å². The molecule has 0 aliphatic carbocycles. The van der Waals surface area contributed by atoms with Gasteiger partial charge in [0.05, 0.1) is 5.02 Å². The van der Waals surface area contributed by atoms with E-state index in [0.717, 1.165) is 16.5 Å². The third-order valence-corrected chi connectivity index (χ3v) is 3.82. The Kier molecular flexibility index (Phi) is 6.22. The third kappa shape index (κ3) is 5.23. The highest BCUT2D eigenvalue weighted by atomic mass is 127. The molecule has 0 aromatic heterocycles. The van der Waals surface area contributed by atoms with E-state index in [0.29, 0.717) is 17.1 Å². The van der Waals surface area contributed by atoms with E-state index in [9.17, 15) is 4.79 Å². The maximum absolute atomic E-state index is 11.8. The highest BCUT2D eigenvalue weighted by molar-refractivity contribution is 14.1. The molecule has 1 aromatic carbocycles. The van der Waals surface area contributed by atoms with Crippen LogP contribution in [0.15, 0.2) is 18.2 Å². The fourth-order valence-electron chi connectivity index (χ4n) is 1.34. The Morgan fingerprint density at radius 2 is 2.18 bits per heavy atom. The Labute approximate surface area is 121 Å². The summed E-state index contributed by atoms with van der Waals surface area (Å²) >= 11 is 8.10. The molecule has 0 saturated heterocycles. The fraction of sp³-hybridized carbons (Fsp3) is 0.417. The van der Waals surface area contributed by atoms with Gasteiger partial charge < -0.3 is 10.2 Å². The summed E-state index contributed by atoms with van der Waals surface area (Å²) in [6.07, 6.45) is 0.941. The number of carbonyl (C=O) groups is 1. The molecule has 5 heteroatoms. The van der Waals surface area contributed by atoms with Crippen LogP contribution in [0.5, 0.6) is 0 Å². The van der Waals surface area contributed by atoms with Gasteiger partial charge in [-0.2, -0.15) is 0 Å². The van der Waals surface area contributed by atoms with Crippen molar-refractivity contribution in [1.29, 1.82) is 0 Å². The molecule has 1 rings (SSSR count). The minimum atomic E-state index is -0.0675. The van der Waals surface area contributed by atoms with Gasteiger partial charge in [-0.15, -0.1) is 0 Å². The first-order valence-electron chi connectivity index (χ1n) is 5.38. The third-order valence-electron chi connectivity index (χ3n) is 2.25. The lowest BCUT2D eigenvalue weighted by atomic mass is 10.2. The number of nitrogens with zero attached hydrogens (tertiary/aromatic N) is 1. The van der Waals surface area contributed by atoms with Crippen molar-refractivity contribution >= 4 is 40.1 Å². The molecule has 0 radical (unpaired) electrons. The Bertz CT molecular complexity index is 396. The zero-order valence-electron chi connectivity index (χ0n) is 9.96. The molecule has 0 aliphatic rings. The van der Waals surface area contributed by atoms with Crippen LogP contribution in [0.25, 0.3) is 0 Å². The van der Waals surface area contributed by atoms with Crippen LogP contribution in [0.1, 0.15) is 16.8 Å². The van der Waals surface area contributed by atoms with Gasteiger partial charge in [0.15, 0.2) is 0 Å². The van der Waals surface area contributed by atoms with E-state index in [-0.39, 0.29) is 5.91 Å². The quantitative estimate of drug-likeness (QED) is 0.642. The van der Waals surface area contributed by atoms with Crippen molar-refractivity contribution in [3.8, 4) is 0 Å². The molecule has 0 bridgehead atoms. The van der Waals surface area contributed by atoms with E-state index in [1.165, 1.54) is 0 Å². The van der Waals surface area contributed by atoms with Crippen LogP contribution in [0.3, 0.4) is 0 Å². The minimum absolute atomic E-state index is 0.0675. The molecule has 1 aromatic rings. The summed E-state index contributed by atoms with van der Waals surface area (Å²) in [6.45, 7) is 1.65. The second-order valence-corrected chi connectivity index (χ2v) is 5.61. The average molecular weight is 367 g/mol. The lowest BCUT2D eigenvalue weighted by Gasteiger charge is -2.10. The van der Waals surface area contributed by atoms with Gasteiger partial charge in [0, 0.05) is 15.7 Å². The summed E-state index contributed by atoms with van der Waals surface area (Å²) in [5.74, 6) is -0.0675. The number of amides is 1. The van der Waals surface area contributed by atoms with Gasteiger partial charge in [0.2, 0.25) is 0 Å². The summed E-state index contributed by atoms with van der Waals surface area (Å²) < 4.78 is 0.952. The molecule has 0 spiro atoms. The highest BCUT2D eigenvalue weighted by Crippen LogP contribution is 2.19. The van der Waals surface area contributed by atoms with Crippen molar-refractivity contribution in [2.45, 2.75) is 6.42 Å². The monoisotopic (exact) mass is 366 g/mol. The summed E-state index contributed by atoms with van der Waals surface area (Å²) in [5.41, 5.74) is 0.611. The molecule has 17 heavy (non-hydrogen) atoms. The number of nitrogens with one attached hydrogen (secondary N) is 1. The largest absolute Gasteiger partial charge is 0.352 e. The predicted octanol–water partition coefficient (Wildman–Crippen LogP) is 2.63. The van der Waals surface area contributed by atoms with E-state index in [4.69, 9.17) is 11.6 Å². The van der Waals surface area contributed by atoms with Gasteiger partial charge in [-0.25, -0.2) is 0 Å². The van der Waals surface area contributed by atoms with Crippen LogP contribution >= 0.6 is 34.2 Å². The maximum Gasteiger partial charge on any atom is 0.251 e. The van der Waals surface area contributed by atoms with E-state index in [2.05, 4.69) is 32.8 Å². The first-order chi connectivity index (χ1) is 8.00. The predicted molar refractivity (Wildman–Crippen MR) is 79.7 cm³/mol. The SMILES string of the molecule is CN(C)CCCNC(=O)c1ccc(I)c(Cl)c1. The number of halogens is 2. The molecule has 0 fully saturated rings. The van der Waals surface area contributed by atoms with Crippen LogP contribution in [0.2, 0.25) is 5.02 Å². The van der Waals surface area contributed by atoms with E-state index >= 15 is 0 Å². The van der Waals surface area contributed by atoms with E-state index < -0.39 is 0 Å². The number of hydrogen-bond donors (Lipinski definition) is 1. The normalized spacial score (nSPS) is 10.6. The summed E-state index contributed by atoms with van der Waals surface area (Å²) in [7, 11) is 4.03. The molecule has 0 unspecified atom stereocenters. The van der Waals surface area contributed by atoms with Crippen molar-refractivity contribution in [2.24, 2.45) is 0 Å². The zero-order valence-corrected chi connectivity index (χ0v) is 12.9. The van der Waals surface area contributed by atoms with E-state index in [1.807, 2.05) is 20.2 Å². The molecule has 0 heterocycles. The number of benzene rings is 1. The van der Waals surface area contributed by atoms with Crippen molar-refractivity contribution in [1.82, 2.24) is 10.2 Å². The summed E-state index contributed by atoms with van der Waals surface area (Å²) in [4.78, 5) is 13.9. The van der Waals surface area contributed by atoms with Gasteiger partial charge in [-0.1, -0.05) is 11.6 Å². The topological polar surface area (TPSA) is 32.3 Å². The summed E-state index contributed by atoms with van der Waals surface area (Å²) in [6, 6.07) is 5.33. The fourth-order valence-corrected chi connectivity index (χ4v) is 1.85. The van der Waals surface area contributed by atoms with Crippen LogP contribution in [0.4, 0.5) is 0 Å². The lowest BCUT2D eigenvalue weighted by molar-refractivity contribution is 0.0952. The molecule has 94 valence electrons. The first-order valence-corrected chi connectivity index (χ1v) is 6.84. The van der Waals surface area contributed by atoms with Gasteiger partial charge in [-0.05, 0) is 67.9 Å². The number of hydrogen-bond acceptors (Lipinski definition) is 2. The molecule has 3 nitrogen and oxygen atoms in total. The average Bonchev–Trinajstić information content (AvgIpc) is 2.27. The maximum atomic E-state index is 11.8. The highest BCUT2D eigenvalue weighted by Gasteiger charge is 2.06.